The monoisotopic (exact) mass is 436 g/mol. The Labute approximate surface area is 192 Å². The lowest BCUT2D eigenvalue weighted by Gasteiger charge is -2.43. The minimum absolute atomic E-state index is 0.246. The molecule has 32 heavy (non-hydrogen) atoms. The maximum absolute atomic E-state index is 14.1. The van der Waals surface area contributed by atoms with Crippen molar-refractivity contribution in [3.8, 4) is 5.75 Å². The van der Waals surface area contributed by atoms with Crippen LogP contribution >= 0.6 is 0 Å². The minimum atomic E-state index is -0.424. The topological polar surface area (TPSA) is 58.6 Å². The van der Waals surface area contributed by atoms with E-state index in [1.54, 1.807) is 7.11 Å². The Bertz CT molecular complexity index is 966. The van der Waals surface area contributed by atoms with Crippen molar-refractivity contribution in [3.05, 3.63) is 47.4 Å². The van der Waals surface area contributed by atoms with Crippen LogP contribution in [0, 0.1) is 6.92 Å². The standard InChI is InChI=1S/C26H36N4O2/c1-19-17-22(29(3)4)28-23(27-19)25(2)13-8-16-30(18-25)24(31)26(14-6-7-15-26)20-9-11-21(32-5)12-10-20/h9-12,17H,6-8,13-16,18H2,1-5H3. The molecule has 2 aliphatic rings. The first kappa shape index (κ1) is 22.6. The van der Waals surface area contributed by atoms with E-state index in [9.17, 15) is 4.79 Å². The van der Waals surface area contributed by atoms with Crippen LogP contribution < -0.4 is 9.64 Å². The molecular formula is C26H36N4O2. The highest BCUT2D eigenvalue weighted by Crippen LogP contribution is 2.44. The Morgan fingerprint density at radius 3 is 2.38 bits per heavy atom. The van der Waals surface area contributed by atoms with Crippen LogP contribution in [0.25, 0.3) is 0 Å². The Morgan fingerprint density at radius 1 is 1.06 bits per heavy atom. The highest BCUT2D eigenvalue weighted by Gasteiger charge is 2.47. The lowest BCUT2D eigenvalue weighted by molar-refractivity contribution is -0.139. The lowest BCUT2D eigenvalue weighted by atomic mass is 9.75. The smallest absolute Gasteiger partial charge is 0.233 e. The molecule has 6 heteroatoms. The zero-order chi connectivity index (χ0) is 22.9. The second-order valence-corrected chi connectivity index (χ2v) is 9.99. The van der Waals surface area contributed by atoms with E-state index in [2.05, 4.69) is 24.0 Å². The summed E-state index contributed by atoms with van der Waals surface area (Å²) < 4.78 is 5.34. The average molecular weight is 437 g/mol. The number of hydrogen-bond acceptors (Lipinski definition) is 5. The van der Waals surface area contributed by atoms with Gasteiger partial charge in [-0.25, -0.2) is 9.97 Å². The maximum Gasteiger partial charge on any atom is 0.233 e. The quantitative estimate of drug-likeness (QED) is 0.701. The summed E-state index contributed by atoms with van der Waals surface area (Å²) in [6.07, 6.45) is 5.97. The fourth-order valence-corrected chi connectivity index (χ4v) is 5.46. The molecule has 0 spiro atoms. The molecule has 1 saturated heterocycles. The molecule has 2 aromatic rings. The molecule has 4 rings (SSSR count). The Balaban J connectivity index is 1.64. The summed E-state index contributed by atoms with van der Waals surface area (Å²) >= 11 is 0. The predicted octanol–water partition coefficient (Wildman–Crippen LogP) is 4.25. The molecule has 2 fully saturated rings. The van der Waals surface area contributed by atoms with Crippen molar-refractivity contribution in [3.63, 3.8) is 0 Å². The zero-order valence-electron chi connectivity index (χ0n) is 20.1. The third-order valence-corrected chi connectivity index (χ3v) is 7.33. The number of aromatic nitrogens is 2. The summed E-state index contributed by atoms with van der Waals surface area (Å²) in [6, 6.07) is 10.1. The van der Waals surface area contributed by atoms with Gasteiger partial charge in [0.1, 0.15) is 17.4 Å². The van der Waals surface area contributed by atoms with Crippen LogP contribution in [0.1, 0.15) is 62.5 Å². The van der Waals surface area contributed by atoms with Crippen LogP contribution in [0.5, 0.6) is 5.75 Å². The molecule has 1 aliphatic heterocycles. The van der Waals surface area contributed by atoms with E-state index in [1.165, 1.54) is 0 Å². The maximum atomic E-state index is 14.1. The van der Waals surface area contributed by atoms with Crippen molar-refractivity contribution in [2.45, 2.75) is 63.2 Å². The lowest BCUT2D eigenvalue weighted by Crippen LogP contribution is -2.53. The van der Waals surface area contributed by atoms with Gasteiger partial charge in [-0.3, -0.25) is 4.79 Å². The van der Waals surface area contributed by atoms with E-state index in [0.717, 1.165) is 73.7 Å². The first-order valence-electron chi connectivity index (χ1n) is 11.7. The molecule has 0 N–H and O–H groups in total. The molecule has 1 aromatic carbocycles. The minimum Gasteiger partial charge on any atom is -0.497 e. The summed E-state index contributed by atoms with van der Waals surface area (Å²) in [4.78, 5) is 27.9. The van der Waals surface area contributed by atoms with Crippen LogP contribution in [-0.2, 0) is 15.6 Å². The van der Waals surface area contributed by atoms with Crippen molar-refractivity contribution in [1.29, 1.82) is 0 Å². The summed E-state index contributed by atoms with van der Waals surface area (Å²) in [5.74, 6) is 2.87. The largest absolute Gasteiger partial charge is 0.497 e. The number of rotatable bonds is 5. The van der Waals surface area contributed by atoms with E-state index in [-0.39, 0.29) is 11.3 Å². The van der Waals surface area contributed by atoms with Gasteiger partial charge in [-0.05, 0) is 50.3 Å². The number of methoxy groups -OCH3 is 1. The van der Waals surface area contributed by atoms with Crippen LogP contribution in [0.15, 0.2) is 30.3 Å². The van der Waals surface area contributed by atoms with Crippen molar-refractivity contribution in [2.75, 3.05) is 39.2 Å². The zero-order valence-corrected chi connectivity index (χ0v) is 20.1. The fraction of sp³-hybridized carbons (Fsp3) is 0.577. The van der Waals surface area contributed by atoms with E-state index < -0.39 is 5.41 Å². The van der Waals surface area contributed by atoms with Crippen molar-refractivity contribution < 1.29 is 9.53 Å². The molecule has 2 heterocycles. The SMILES string of the molecule is COc1ccc(C2(C(=O)N3CCCC(C)(c4nc(C)cc(N(C)C)n4)C3)CCCC2)cc1. The number of likely N-dealkylation sites (tertiary alicyclic amines) is 1. The molecule has 0 radical (unpaired) electrons. The van der Waals surface area contributed by atoms with Crippen molar-refractivity contribution in [1.82, 2.24) is 14.9 Å². The molecule has 172 valence electrons. The number of ether oxygens (including phenoxy) is 1. The summed E-state index contributed by atoms with van der Waals surface area (Å²) in [7, 11) is 5.68. The van der Waals surface area contributed by atoms with E-state index >= 15 is 0 Å². The number of aryl methyl sites for hydroxylation is 1. The summed E-state index contributed by atoms with van der Waals surface area (Å²) in [5.41, 5.74) is 1.42. The Morgan fingerprint density at radius 2 is 1.75 bits per heavy atom. The number of amides is 1. The number of hydrogen-bond donors (Lipinski definition) is 0. The molecule has 1 unspecified atom stereocenters. The van der Waals surface area contributed by atoms with Gasteiger partial charge in [-0.15, -0.1) is 0 Å². The van der Waals surface area contributed by atoms with Gasteiger partial charge in [-0.2, -0.15) is 0 Å². The number of benzene rings is 1. The van der Waals surface area contributed by atoms with Gasteiger partial charge in [0.05, 0.1) is 12.5 Å². The van der Waals surface area contributed by atoms with Gasteiger partial charge in [0.15, 0.2) is 0 Å². The van der Waals surface area contributed by atoms with E-state index in [4.69, 9.17) is 14.7 Å². The fourth-order valence-electron chi connectivity index (χ4n) is 5.46. The van der Waals surface area contributed by atoms with Crippen LogP contribution in [0.2, 0.25) is 0 Å². The van der Waals surface area contributed by atoms with Crippen LogP contribution in [0.3, 0.4) is 0 Å². The summed E-state index contributed by atoms with van der Waals surface area (Å²) in [5, 5.41) is 0. The number of anilines is 1. The molecule has 1 saturated carbocycles. The molecule has 1 amide bonds. The second-order valence-electron chi connectivity index (χ2n) is 9.99. The van der Waals surface area contributed by atoms with Gasteiger partial charge in [0.2, 0.25) is 5.91 Å². The van der Waals surface area contributed by atoms with Crippen molar-refractivity contribution >= 4 is 11.7 Å². The highest BCUT2D eigenvalue weighted by atomic mass is 16.5. The third-order valence-electron chi connectivity index (χ3n) is 7.33. The Hall–Kier alpha value is -2.63. The van der Waals surface area contributed by atoms with Crippen LogP contribution in [0.4, 0.5) is 5.82 Å². The number of nitrogens with zero attached hydrogens (tertiary/aromatic N) is 4. The molecule has 1 aliphatic carbocycles. The highest BCUT2D eigenvalue weighted by molar-refractivity contribution is 5.89. The predicted molar refractivity (Wildman–Crippen MR) is 127 cm³/mol. The first-order valence-corrected chi connectivity index (χ1v) is 11.7. The van der Waals surface area contributed by atoms with Gasteiger partial charge in [0, 0.05) is 44.4 Å². The van der Waals surface area contributed by atoms with Gasteiger partial charge in [0.25, 0.3) is 0 Å². The van der Waals surface area contributed by atoms with Gasteiger partial charge in [-0.1, -0.05) is 31.9 Å². The van der Waals surface area contributed by atoms with Crippen LogP contribution in [-0.4, -0.2) is 55.1 Å². The molecule has 6 nitrogen and oxygen atoms in total. The number of piperidine rings is 1. The molecule has 0 bridgehead atoms. The van der Waals surface area contributed by atoms with E-state index in [0.29, 0.717) is 6.54 Å². The Kier molecular flexibility index (Phi) is 6.15. The second kappa shape index (κ2) is 8.72. The van der Waals surface area contributed by atoms with Crippen molar-refractivity contribution in [2.24, 2.45) is 0 Å². The third kappa shape index (κ3) is 4.07. The molecule has 1 aromatic heterocycles. The van der Waals surface area contributed by atoms with Gasteiger partial charge < -0.3 is 14.5 Å². The summed E-state index contributed by atoms with van der Waals surface area (Å²) in [6.45, 7) is 5.71. The average Bonchev–Trinajstić information content (AvgIpc) is 3.29. The molecule has 1 atom stereocenters. The first-order chi connectivity index (χ1) is 15.3. The number of carbonyl (C=O) groups is 1. The normalized spacial score (nSPS) is 22.6. The van der Waals surface area contributed by atoms with Gasteiger partial charge >= 0.3 is 0 Å². The molecular weight excluding hydrogens is 400 g/mol. The van der Waals surface area contributed by atoms with E-state index in [1.807, 2.05) is 44.1 Å². The number of carbonyl (C=O) groups excluding carboxylic acids is 1.